The van der Waals surface area contributed by atoms with Crippen LogP contribution in [0.1, 0.15) is 45.4 Å². The summed E-state index contributed by atoms with van der Waals surface area (Å²) in [6.07, 6.45) is 7.74. The first kappa shape index (κ1) is 10.1. The zero-order valence-corrected chi connectivity index (χ0v) is 8.66. The lowest BCUT2D eigenvalue weighted by Crippen LogP contribution is -2.09. The molecule has 1 aliphatic carbocycles. The smallest absolute Gasteiger partial charge is 0.130 e. The van der Waals surface area contributed by atoms with Gasteiger partial charge in [0, 0.05) is 17.4 Å². The molecule has 2 heteroatoms. The van der Waals surface area contributed by atoms with Crippen LogP contribution in [-0.4, -0.2) is 16.8 Å². The Labute approximate surface area is 79.3 Å². The number of hydrogen-bond donors (Lipinski definition) is 0. The summed E-state index contributed by atoms with van der Waals surface area (Å²) in [5, 5.41) is 0.859. The van der Waals surface area contributed by atoms with Gasteiger partial charge in [-0.1, -0.05) is 19.3 Å². The van der Waals surface area contributed by atoms with Crippen LogP contribution >= 0.6 is 11.8 Å². The van der Waals surface area contributed by atoms with Gasteiger partial charge in [0.1, 0.15) is 5.78 Å². The topological polar surface area (TPSA) is 17.1 Å². The largest absolute Gasteiger partial charge is 0.300 e. The monoisotopic (exact) mass is 186 g/mol. The van der Waals surface area contributed by atoms with Gasteiger partial charge in [-0.25, -0.2) is 0 Å². The fraction of sp³-hybridized carbons (Fsp3) is 0.900. The summed E-state index contributed by atoms with van der Waals surface area (Å²) in [7, 11) is 0. The minimum atomic E-state index is 0.332. The van der Waals surface area contributed by atoms with E-state index in [-0.39, 0.29) is 0 Å². The second-order valence-electron chi connectivity index (χ2n) is 3.58. The van der Waals surface area contributed by atoms with Gasteiger partial charge < -0.3 is 0 Å². The number of rotatable bonds is 4. The molecule has 0 bridgehead atoms. The minimum absolute atomic E-state index is 0.332. The standard InChI is InChI=1S/C10H18OS/c1-9(11)7-8-12-10-5-3-2-4-6-10/h10H,2-8H2,1H3. The number of thioether (sulfide) groups is 1. The fourth-order valence-corrected chi connectivity index (χ4v) is 3.01. The summed E-state index contributed by atoms with van der Waals surface area (Å²) in [5.74, 6) is 1.37. The predicted molar refractivity (Wildman–Crippen MR) is 54.6 cm³/mol. The first-order valence-corrected chi connectivity index (χ1v) is 5.95. The molecule has 0 radical (unpaired) electrons. The Morgan fingerprint density at radius 2 is 2.00 bits per heavy atom. The molecule has 1 aliphatic rings. The molecule has 0 unspecified atom stereocenters. The zero-order chi connectivity index (χ0) is 8.81. The number of carbonyl (C=O) groups is 1. The Kier molecular flexibility index (Phi) is 4.74. The second-order valence-corrected chi connectivity index (χ2v) is 4.99. The summed E-state index contributed by atoms with van der Waals surface area (Å²) < 4.78 is 0. The summed E-state index contributed by atoms with van der Waals surface area (Å²) in [4.78, 5) is 10.7. The van der Waals surface area contributed by atoms with Crippen LogP contribution in [0.4, 0.5) is 0 Å². The van der Waals surface area contributed by atoms with Crippen LogP contribution in [0.3, 0.4) is 0 Å². The normalized spacial score (nSPS) is 19.4. The Hall–Kier alpha value is 0.0200. The molecular formula is C10H18OS. The first-order valence-electron chi connectivity index (χ1n) is 4.90. The molecule has 1 rings (SSSR count). The van der Waals surface area contributed by atoms with Crippen molar-refractivity contribution in [3.8, 4) is 0 Å². The molecule has 0 heterocycles. The maximum atomic E-state index is 10.7. The van der Waals surface area contributed by atoms with Crippen molar-refractivity contribution < 1.29 is 4.79 Å². The van der Waals surface area contributed by atoms with E-state index in [1.807, 2.05) is 11.8 Å². The molecular weight excluding hydrogens is 168 g/mol. The van der Waals surface area contributed by atoms with Crippen LogP contribution < -0.4 is 0 Å². The second kappa shape index (κ2) is 5.63. The van der Waals surface area contributed by atoms with Gasteiger partial charge in [0.15, 0.2) is 0 Å². The van der Waals surface area contributed by atoms with E-state index in [1.54, 1.807) is 6.92 Å². The van der Waals surface area contributed by atoms with Crippen LogP contribution in [-0.2, 0) is 4.79 Å². The van der Waals surface area contributed by atoms with Gasteiger partial charge in [-0.2, -0.15) is 11.8 Å². The molecule has 0 saturated heterocycles. The molecule has 0 aromatic rings. The molecule has 0 aliphatic heterocycles. The predicted octanol–water partition coefficient (Wildman–Crippen LogP) is 3.03. The Balaban J connectivity index is 2.01. The van der Waals surface area contributed by atoms with Gasteiger partial charge in [0.2, 0.25) is 0 Å². The highest BCUT2D eigenvalue weighted by Crippen LogP contribution is 2.28. The molecule has 0 atom stereocenters. The lowest BCUT2D eigenvalue weighted by Gasteiger charge is -2.20. The summed E-state index contributed by atoms with van der Waals surface area (Å²) in [6, 6.07) is 0. The van der Waals surface area contributed by atoms with Crippen molar-refractivity contribution in [3.05, 3.63) is 0 Å². The van der Waals surface area contributed by atoms with E-state index in [9.17, 15) is 4.79 Å². The van der Waals surface area contributed by atoms with Crippen molar-refractivity contribution in [2.45, 2.75) is 50.7 Å². The maximum absolute atomic E-state index is 10.7. The van der Waals surface area contributed by atoms with E-state index in [2.05, 4.69) is 0 Å². The van der Waals surface area contributed by atoms with E-state index in [1.165, 1.54) is 32.1 Å². The average molecular weight is 186 g/mol. The first-order chi connectivity index (χ1) is 5.79. The molecule has 0 spiro atoms. The lowest BCUT2D eigenvalue weighted by atomic mass is 10.0. The Morgan fingerprint density at radius 3 is 2.58 bits per heavy atom. The lowest BCUT2D eigenvalue weighted by molar-refractivity contribution is -0.116. The third kappa shape index (κ3) is 4.15. The number of carbonyl (C=O) groups excluding carboxylic acids is 1. The highest BCUT2D eigenvalue weighted by Gasteiger charge is 2.13. The van der Waals surface area contributed by atoms with Gasteiger partial charge in [-0.05, 0) is 19.8 Å². The number of Topliss-reactive ketones (excluding diaryl/α,β-unsaturated/α-hetero) is 1. The molecule has 1 nitrogen and oxygen atoms in total. The molecule has 0 amide bonds. The van der Waals surface area contributed by atoms with E-state index in [0.29, 0.717) is 5.78 Å². The van der Waals surface area contributed by atoms with Gasteiger partial charge >= 0.3 is 0 Å². The van der Waals surface area contributed by atoms with Gasteiger partial charge in [-0.15, -0.1) is 0 Å². The highest BCUT2D eigenvalue weighted by atomic mass is 32.2. The Bertz CT molecular complexity index is 139. The minimum Gasteiger partial charge on any atom is -0.300 e. The van der Waals surface area contributed by atoms with Crippen LogP contribution in [0.15, 0.2) is 0 Å². The summed E-state index contributed by atoms with van der Waals surface area (Å²) in [6.45, 7) is 1.68. The Morgan fingerprint density at radius 1 is 1.33 bits per heavy atom. The third-order valence-electron chi connectivity index (χ3n) is 2.36. The van der Waals surface area contributed by atoms with Crippen molar-refractivity contribution in [3.63, 3.8) is 0 Å². The van der Waals surface area contributed by atoms with Crippen LogP contribution in [0.5, 0.6) is 0 Å². The van der Waals surface area contributed by atoms with Crippen LogP contribution in [0.2, 0.25) is 0 Å². The maximum Gasteiger partial charge on any atom is 0.130 e. The zero-order valence-electron chi connectivity index (χ0n) is 7.84. The summed E-state index contributed by atoms with van der Waals surface area (Å²) >= 11 is 2.00. The van der Waals surface area contributed by atoms with E-state index in [0.717, 1.165) is 17.4 Å². The molecule has 1 fully saturated rings. The molecule has 0 N–H and O–H groups in total. The van der Waals surface area contributed by atoms with Crippen molar-refractivity contribution in [2.75, 3.05) is 5.75 Å². The number of hydrogen-bond acceptors (Lipinski definition) is 2. The van der Waals surface area contributed by atoms with Crippen LogP contribution in [0.25, 0.3) is 0 Å². The highest BCUT2D eigenvalue weighted by molar-refractivity contribution is 7.99. The molecule has 0 aromatic heterocycles. The molecule has 1 saturated carbocycles. The van der Waals surface area contributed by atoms with Crippen molar-refractivity contribution >= 4 is 17.5 Å². The number of ketones is 1. The van der Waals surface area contributed by atoms with Crippen LogP contribution in [0, 0.1) is 0 Å². The molecule has 70 valence electrons. The fourth-order valence-electron chi connectivity index (χ4n) is 1.60. The van der Waals surface area contributed by atoms with E-state index in [4.69, 9.17) is 0 Å². The van der Waals surface area contributed by atoms with E-state index < -0.39 is 0 Å². The third-order valence-corrected chi connectivity index (χ3v) is 3.74. The average Bonchev–Trinajstić information content (AvgIpc) is 2.05. The van der Waals surface area contributed by atoms with Gasteiger partial charge in [-0.3, -0.25) is 4.79 Å². The van der Waals surface area contributed by atoms with Gasteiger partial charge in [0.25, 0.3) is 0 Å². The summed E-state index contributed by atoms with van der Waals surface area (Å²) in [5.41, 5.74) is 0. The van der Waals surface area contributed by atoms with Gasteiger partial charge in [0.05, 0.1) is 0 Å². The van der Waals surface area contributed by atoms with E-state index >= 15 is 0 Å². The van der Waals surface area contributed by atoms with Crippen molar-refractivity contribution in [1.82, 2.24) is 0 Å². The molecule has 0 aromatic carbocycles. The molecule has 12 heavy (non-hydrogen) atoms. The van der Waals surface area contributed by atoms with Crippen molar-refractivity contribution in [1.29, 1.82) is 0 Å². The van der Waals surface area contributed by atoms with Crippen molar-refractivity contribution in [2.24, 2.45) is 0 Å². The SMILES string of the molecule is CC(=O)CCSC1CCCCC1. The quantitative estimate of drug-likeness (QED) is 0.671.